The Morgan fingerprint density at radius 3 is 2.48 bits per heavy atom. The molecule has 2 rings (SSSR count). The van der Waals surface area contributed by atoms with Crippen LogP contribution in [-0.2, 0) is 0 Å². The van der Waals surface area contributed by atoms with Gasteiger partial charge in [0.2, 0.25) is 0 Å². The number of rotatable bonds is 9. The number of anilines is 1. The van der Waals surface area contributed by atoms with Crippen LogP contribution in [0.3, 0.4) is 0 Å². The van der Waals surface area contributed by atoms with E-state index in [0.29, 0.717) is 12.5 Å². The van der Waals surface area contributed by atoms with E-state index in [1.807, 2.05) is 30.3 Å². The first-order valence-electron chi connectivity index (χ1n) is 8.36. The van der Waals surface area contributed by atoms with Gasteiger partial charge in [-0.25, -0.2) is 0 Å². The predicted molar refractivity (Wildman–Crippen MR) is 98.4 cm³/mol. The van der Waals surface area contributed by atoms with Crippen molar-refractivity contribution in [3.05, 3.63) is 60.2 Å². The van der Waals surface area contributed by atoms with E-state index < -0.39 is 0 Å². The Morgan fingerprint density at radius 2 is 1.78 bits per heavy atom. The first kappa shape index (κ1) is 17.4. The van der Waals surface area contributed by atoms with Crippen molar-refractivity contribution >= 4 is 5.69 Å². The Labute approximate surface area is 140 Å². The Kier molecular flexibility index (Phi) is 6.95. The molecule has 3 heteroatoms. The molecule has 0 fully saturated rings. The van der Waals surface area contributed by atoms with Crippen LogP contribution in [0.5, 0.6) is 5.75 Å². The van der Waals surface area contributed by atoms with Gasteiger partial charge in [-0.3, -0.25) is 0 Å². The zero-order valence-electron chi connectivity index (χ0n) is 14.2. The SMILES string of the molecule is CN(C)c1cccc(C(CN)CCCCOc2ccccc2)c1. The number of nitrogens with two attached hydrogens (primary N) is 1. The van der Waals surface area contributed by atoms with Crippen molar-refractivity contribution in [3.8, 4) is 5.75 Å². The zero-order chi connectivity index (χ0) is 16.5. The highest BCUT2D eigenvalue weighted by atomic mass is 16.5. The molecule has 0 aliphatic rings. The predicted octanol–water partition coefficient (Wildman–Crippen LogP) is 4.04. The zero-order valence-corrected chi connectivity index (χ0v) is 14.2. The average molecular weight is 312 g/mol. The van der Waals surface area contributed by atoms with E-state index in [0.717, 1.165) is 31.6 Å². The second-order valence-electron chi connectivity index (χ2n) is 6.08. The number of hydrogen-bond acceptors (Lipinski definition) is 3. The van der Waals surface area contributed by atoms with Crippen LogP contribution in [0.25, 0.3) is 0 Å². The van der Waals surface area contributed by atoms with Gasteiger partial charge in [-0.05, 0) is 61.6 Å². The monoisotopic (exact) mass is 312 g/mol. The van der Waals surface area contributed by atoms with E-state index in [1.54, 1.807) is 0 Å². The summed E-state index contributed by atoms with van der Waals surface area (Å²) < 4.78 is 5.74. The lowest BCUT2D eigenvalue weighted by Gasteiger charge is -2.19. The van der Waals surface area contributed by atoms with Gasteiger partial charge >= 0.3 is 0 Å². The van der Waals surface area contributed by atoms with Gasteiger partial charge in [0.1, 0.15) is 5.75 Å². The molecule has 3 nitrogen and oxygen atoms in total. The molecule has 2 aromatic carbocycles. The Bertz CT molecular complexity index is 569. The van der Waals surface area contributed by atoms with E-state index in [9.17, 15) is 0 Å². The Balaban J connectivity index is 1.77. The highest BCUT2D eigenvalue weighted by Crippen LogP contribution is 2.24. The molecule has 2 N–H and O–H groups in total. The van der Waals surface area contributed by atoms with Crippen LogP contribution in [0.15, 0.2) is 54.6 Å². The van der Waals surface area contributed by atoms with Gasteiger partial charge in [0.05, 0.1) is 6.61 Å². The summed E-state index contributed by atoms with van der Waals surface area (Å²) in [4.78, 5) is 2.13. The van der Waals surface area contributed by atoms with Crippen molar-refractivity contribution in [2.45, 2.75) is 25.2 Å². The van der Waals surface area contributed by atoms with Gasteiger partial charge in [-0.15, -0.1) is 0 Å². The molecule has 0 heterocycles. The second kappa shape index (κ2) is 9.21. The van der Waals surface area contributed by atoms with E-state index in [2.05, 4.69) is 43.3 Å². The number of para-hydroxylation sites is 1. The minimum absolute atomic E-state index is 0.423. The Morgan fingerprint density at radius 1 is 1.00 bits per heavy atom. The normalized spacial score (nSPS) is 12.0. The molecule has 124 valence electrons. The first-order valence-corrected chi connectivity index (χ1v) is 8.36. The molecule has 0 spiro atoms. The Hall–Kier alpha value is -2.00. The quantitative estimate of drug-likeness (QED) is 0.710. The minimum atomic E-state index is 0.423. The summed E-state index contributed by atoms with van der Waals surface area (Å²) in [6.45, 7) is 1.45. The fourth-order valence-electron chi connectivity index (χ4n) is 2.68. The highest BCUT2D eigenvalue weighted by molar-refractivity contribution is 5.48. The van der Waals surface area contributed by atoms with Crippen molar-refractivity contribution in [1.29, 1.82) is 0 Å². The van der Waals surface area contributed by atoms with Crippen LogP contribution in [0.1, 0.15) is 30.7 Å². The standard InChI is InChI=1S/C20H28N2O/c1-22(2)19-11-8-10-17(15-19)18(16-21)9-6-7-14-23-20-12-4-3-5-13-20/h3-5,8,10-13,15,18H,6-7,9,14,16,21H2,1-2H3. The largest absolute Gasteiger partial charge is 0.494 e. The number of hydrogen-bond donors (Lipinski definition) is 1. The van der Waals surface area contributed by atoms with Crippen molar-refractivity contribution in [1.82, 2.24) is 0 Å². The molecule has 1 unspecified atom stereocenters. The second-order valence-corrected chi connectivity index (χ2v) is 6.08. The van der Waals surface area contributed by atoms with Crippen LogP contribution in [0, 0.1) is 0 Å². The number of benzene rings is 2. The lowest BCUT2D eigenvalue weighted by atomic mass is 9.93. The fourth-order valence-corrected chi connectivity index (χ4v) is 2.68. The molecule has 0 aliphatic carbocycles. The lowest BCUT2D eigenvalue weighted by Crippen LogP contribution is -2.14. The molecule has 0 saturated carbocycles. The molecular formula is C20H28N2O. The van der Waals surface area contributed by atoms with Gasteiger partial charge in [-0.1, -0.05) is 30.3 Å². The molecule has 0 bridgehead atoms. The van der Waals surface area contributed by atoms with Gasteiger partial charge in [0, 0.05) is 19.8 Å². The number of unbranched alkanes of at least 4 members (excludes halogenated alkanes) is 1. The first-order chi connectivity index (χ1) is 11.2. The summed E-state index contributed by atoms with van der Waals surface area (Å²) in [5.41, 5.74) is 8.56. The van der Waals surface area contributed by atoms with Gasteiger partial charge in [-0.2, -0.15) is 0 Å². The molecule has 0 saturated heterocycles. The molecule has 0 radical (unpaired) electrons. The van der Waals surface area contributed by atoms with Crippen molar-refractivity contribution in [2.24, 2.45) is 5.73 Å². The molecular weight excluding hydrogens is 284 g/mol. The van der Waals surface area contributed by atoms with Crippen molar-refractivity contribution < 1.29 is 4.74 Å². The van der Waals surface area contributed by atoms with Gasteiger partial charge in [0.25, 0.3) is 0 Å². The van der Waals surface area contributed by atoms with Gasteiger partial charge in [0.15, 0.2) is 0 Å². The smallest absolute Gasteiger partial charge is 0.119 e. The van der Waals surface area contributed by atoms with Gasteiger partial charge < -0.3 is 15.4 Å². The third-order valence-electron chi connectivity index (χ3n) is 4.10. The van der Waals surface area contributed by atoms with E-state index in [1.165, 1.54) is 11.3 Å². The highest BCUT2D eigenvalue weighted by Gasteiger charge is 2.10. The third-order valence-corrected chi connectivity index (χ3v) is 4.10. The van der Waals surface area contributed by atoms with Crippen molar-refractivity contribution in [3.63, 3.8) is 0 Å². The van der Waals surface area contributed by atoms with Crippen LogP contribution in [0.4, 0.5) is 5.69 Å². The molecule has 1 atom stereocenters. The van der Waals surface area contributed by atoms with E-state index in [-0.39, 0.29) is 0 Å². The number of nitrogens with zero attached hydrogens (tertiary/aromatic N) is 1. The molecule has 0 amide bonds. The maximum Gasteiger partial charge on any atom is 0.119 e. The fraction of sp³-hybridized carbons (Fsp3) is 0.400. The number of ether oxygens (including phenoxy) is 1. The topological polar surface area (TPSA) is 38.5 Å². The van der Waals surface area contributed by atoms with Crippen molar-refractivity contribution in [2.75, 3.05) is 32.1 Å². The summed E-state index contributed by atoms with van der Waals surface area (Å²) in [5, 5.41) is 0. The molecule has 23 heavy (non-hydrogen) atoms. The van der Waals surface area contributed by atoms with Crippen LogP contribution in [-0.4, -0.2) is 27.2 Å². The summed E-state index contributed by atoms with van der Waals surface area (Å²) in [6.07, 6.45) is 3.28. The van der Waals surface area contributed by atoms with E-state index in [4.69, 9.17) is 10.5 Å². The summed E-state index contributed by atoms with van der Waals surface area (Å²) in [7, 11) is 4.13. The summed E-state index contributed by atoms with van der Waals surface area (Å²) in [5.74, 6) is 1.37. The van der Waals surface area contributed by atoms with Crippen LogP contribution in [0.2, 0.25) is 0 Å². The summed E-state index contributed by atoms with van der Waals surface area (Å²) >= 11 is 0. The lowest BCUT2D eigenvalue weighted by molar-refractivity contribution is 0.303. The average Bonchev–Trinajstić information content (AvgIpc) is 2.59. The molecule has 0 aliphatic heterocycles. The van der Waals surface area contributed by atoms with Crippen LogP contribution >= 0.6 is 0 Å². The maximum atomic E-state index is 5.99. The van der Waals surface area contributed by atoms with E-state index >= 15 is 0 Å². The third kappa shape index (κ3) is 5.61. The maximum absolute atomic E-state index is 5.99. The molecule has 0 aromatic heterocycles. The van der Waals surface area contributed by atoms with Crippen LogP contribution < -0.4 is 15.4 Å². The molecule has 2 aromatic rings. The minimum Gasteiger partial charge on any atom is -0.494 e. The summed E-state index contributed by atoms with van der Waals surface area (Å²) in [6, 6.07) is 18.7.